The highest BCUT2D eigenvalue weighted by Crippen LogP contribution is 2.22. The molecule has 110 valence electrons. The predicted octanol–water partition coefficient (Wildman–Crippen LogP) is 2.15. The molecule has 0 bridgehead atoms. The summed E-state index contributed by atoms with van der Waals surface area (Å²) in [6.07, 6.45) is 6.15. The monoisotopic (exact) mass is 274 g/mol. The Morgan fingerprint density at radius 2 is 1.90 bits per heavy atom. The standard InChI is InChI=1S/C17H26N2O/c20-17-10-16(11-18-15-8-4-5-9-15)19(13-17)12-14-6-2-1-3-7-14/h1-3,6-7,15-18,20H,4-5,8-13H2. The van der Waals surface area contributed by atoms with Gasteiger partial charge in [-0.2, -0.15) is 0 Å². The van der Waals surface area contributed by atoms with Gasteiger partial charge >= 0.3 is 0 Å². The molecule has 1 aliphatic heterocycles. The van der Waals surface area contributed by atoms with E-state index in [1.54, 1.807) is 0 Å². The Hall–Kier alpha value is -0.900. The topological polar surface area (TPSA) is 35.5 Å². The Balaban J connectivity index is 1.54. The first kappa shape index (κ1) is 14.1. The van der Waals surface area contributed by atoms with E-state index in [0.29, 0.717) is 12.1 Å². The van der Waals surface area contributed by atoms with E-state index in [-0.39, 0.29) is 6.10 Å². The SMILES string of the molecule is OC1CC(CNC2CCCC2)N(Cc2ccccc2)C1. The summed E-state index contributed by atoms with van der Waals surface area (Å²) in [5, 5.41) is 13.7. The number of hydrogen-bond donors (Lipinski definition) is 2. The largest absolute Gasteiger partial charge is 0.392 e. The van der Waals surface area contributed by atoms with Crippen LogP contribution >= 0.6 is 0 Å². The van der Waals surface area contributed by atoms with E-state index in [2.05, 4.69) is 40.5 Å². The third-order valence-electron chi connectivity index (χ3n) is 4.73. The zero-order chi connectivity index (χ0) is 13.8. The first-order valence-electron chi connectivity index (χ1n) is 8.00. The summed E-state index contributed by atoms with van der Waals surface area (Å²) < 4.78 is 0. The number of benzene rings is 1. The van der Waals surface area contributed by atoms with Gasteiger partial charge in [-0.3, -0.25) is 4.90 Å². The normalized spacial score (nSPS) is 28.2. The van der Waals surface area contributed by atoms with Crippen molar-refractivity contribution < 1.29 is 5.11 Å². The van der Waals surface area contributed by atoms with Gasteiger partial charge in [0.2, 0.25) is 0 Å². The van der Waals surface area contributed by atoms with Gasteiger partial charge in [-0.15, -0.1) is 0 Å². The fraction of sp³-hybridized carbons (Fsp3) is 0.647. The second-order valence-electron chi connectivity index (χ2n) is 6.35. The van der Waals surface area contributed by atoms with Crippen LogP contribution in [0.3, 0.4) is 0 Å². The molecule has 3 nitrogen and oxygen atoms in total. The predicted molar refractivity (Wildman–Crippen MR) is 81.5 cm³/mol. The van der Waals surface area contributed by atoms with E-state index in [1.807, 2.05) is 0 Å². The molecule has 2 N–H and O–H groups in total. The molecule has 1 saturated carbocycles. The maximum absolute atomic E-state index is 9.97. The Bertz CT molecular complexity index is 403. The van der Waals surface area contributed by atoms with Gasteiger partial charge in [-0.25, -0.2) is 0 Å². The van der Waals surface area contributed by atoms with E-state index in [4.69, 9.17) is 0 Å². The Morgan fingerprint density at radius 3 is 2.65 bits per heavy atom. The van der Waals surface area contributed by atoms with Crippen molar-refractivity contribution in [3.05, 3.63) is 35.9 Å². The lowest BCUT2D eigenvalue weighted by Gasteiger charge is -2.26. The van der Waals surface area contributed by atoms with E-state index in [1.165, 1.54) is 31.2 Å². The van der Waals surface area contributed by atoms with Crippen molar-refractivity contribution in [2.75, 3.05) is 13.1 Å². The number of hydrogen-bond acceptors (Lipinski definition) is 3. The van der Waals surface area contributed by atoms with Crippen LogP contribution in [0.15, 0.2) is 30.3 Å². The average molecular weight is 274 g/mol. The number of aliphatic hydroxyl groups is 1. The maximum Gasteiger partial charge on any atom is 0.0682 e. The van der Waals surface area contributed by atoms with Gasteiger partial charge in [0.1, 0.15) is 0 Å². The minimum atomic E-state index is -0.158. The highest BCUT2D eigenvalue weighted by atomic mass is 16.3. The Morgan fingerprint density at radius 1 is 1.15 bits per heavy atom. The molecule has 3 heteroatoms. The van der Waals surface area contributed by atoms with Gasteiger partial charge in [-0.1, -0.05) is 43.2 Å². The summed E-state index contributed by atoms with van der Waals surface area (Å²) >= 11 is 0. The van der Waals surface area contributed by atoms with E-state index >= 15 is 0 Å². The van der Waals surface area contributed by atoms with Gasteiger partial charge < -0.3 is 10.4 Å². The Labute approximate surface area is 122 Å². The van der Waals surface area contributed by atoms with E-state index in [9.17, 15) is 5.11 Å². The molecule has 2 unspecified atom stereocenters. The first-order valence-corrected chi connectivity index (χ1v) is 8.00. The van der Waals surface area contributed by atoms with Crippen molar-refractivity contribution in [3.63, 3.8) is 0 Å². The summed E-state index contributed by atoms with van der Waals surface area (Å²) in [4.78, 5) is 2.43. The highest BCUT2D eigenvalue weighted by molar-refractivity contribution is 5.15. The van der Waals surface area contributed by atoms with Gasteiger partial charge in [-0.05, 0) is 24.8 Å². The second-order valence-corrected chi connectivity index (χ2v) is 6.35. The summed E-state index contributed by atoms with van der Waals surface area (Å²) in [6, 6.07) is 11.8. The highest BCUT2D eigenvalue weighted by Gasteiger charge is 2.31. The van der Waals surface area contributed by atoms with Crippen molar-refractivity contribution >= 4 is 0 Å². The third kappa shape index (κ3) is 3.60. The van der Waals surface area contributed by atoms with Gasteiger partial charge in [0.15, 0.2) is 0 Å². The molecule has 3 rings (SSSR count). The van der Waals surface area contributed by atoms with Gasteiger partial charge in [0, 0.05) is 31.7 Å². The molecule has 2 fully saturated rings. The first-order chi connectivity index (χ1) is 9.81. The fourth-order valence-electron chi connectivity index (χ4n) is 3.61. The Kier molecular flexibility index (Phi) is 4.71. The number of nitrogens with one attached hydrogen (secondary N) is 1. The van der Waals surface area contributed by atoms with Crippen LogP contribution in [0.25, 0.3) is 0 Å². The van der Waals surface area contributed by atoms with Crippen molar-refractivity contribution in [2.45, 2.75) is 56.8 Å². The van der Waals surface area contributed by atoms with Crippen LogP contribution in [-0.2, 0) is 6.54 Å². The van der Waals surface area contributed by atoms with Crippen molar-refractivity contribution in [2.24, 2.45) is 0 Å². The van der Waals surface area contributed by atoms with E-state index in [0.717, 1.165) is 26.1 Å². The van der Waals surface area contributed by atoms with Crippen molar-refractivity contribution in [1.29, 1.82) is 0 Å². The van der Waals surface area contributed by atoms with Crippen LogP contribution in [0.5, 0.6) is 0 Å². The molecular weight excluding hydrogens is 248 g/mol. The molecule has 1 aromatic carbocycles. The molecule has 1 aromatic rings. The molecule has 1 heterocycles. The quantitative estimate of drug-likeness (QED) is 0.863. The van der Waals surface area contributed by atoms with Crippen LogP contribution in [-0.4, -0.2) is 41.3 Å². The second kappa shape index (κ2) is 6.70. The minimum absolute atomic E-state index is 0.158. The lowest BCUT2D eigenvalue weighted by molar-refractivity contribution is 0.172. The van der Waals surface area contributed by atoms with Crippen LogP contribution in [0.1, 0.15) is 37.7 Å². The average Bonchev–Trinajstić information content (AvgIpc) is 3.07. The fourth-order valence-corrected chi connectivity index (χ4v) is 3.61. The lowest BCUT2D eigenvalue weighted by atomic mass is 10.1. The number of rotatable bonds is 5. The zero-order valence-electron chi connectivity index (χ0n) is 12.2. The van der Waals surface area contributed by atoms with Gasteiger partial charge in [0.25, 0.3) is 0 Å². The molecule has 0 spiro atoms. The summed E-state index contributed by atoms with van der Waals surface area (Å²) in [6.45, 7) is 2.79. The third-order valence-corrected chi connectivity index (χ3v) is 4.73. The number of aliphatic hydroxyl groups excluding tert-OH is 1. The number of nitrogens with zero attached hydrogens (tertiary/aromatic N) is 1. The molecule has 1 saturated heterocycles. The number of β-amino-alcohol motifs (C(OH)–C–C–N with tert-alkyl or cyclic N) is 1. The minimum Gasteiger partial charge on any atom is -0.392 e. The van der Waals surface area contributed by atoms with Crippen LogP contribution in [0, 0.1) is 0 Å². The van der Waals surface area contributed by atoms with Gasteiger partial charge in [0.05, 0.1) is 6.10 Å². The maximum atomic E-state index is 9.97. The molecular formula is C17H26N2O. The summed E-state index contributed by atoms with van der Waals surface area (Å²) in [5.74, 6) is 0. The van der Waals surface area contributed by atoms with Crippen molar-refractivity contribution in [1.82, 2.24) is 10.2 Å². The lowest BCUT2D eigenvalue weighted by Crippen LogP contribution is -2.40. The van der Waals surface area contributed by atoms with E-state index < -0.39 is 0 Å². The molecule has 2 aliphatic rings. The molecule has 1 aliphatic carbocycles. The number of likely N-dealkylation sites (tertiary alicyclic amines) is 1. The summed E-state index contributed by atoms with van der Waals surface area (Å²) in [7, 11) is 0. The van der Waals surface area contributed by atoms with Crippen LogP contribution < -0.4 is 5.32 Å². The smallest absolute Gasteiger partial charge is 0.0682 e. The van der Waals surface area contributed by atoms with Crippen LogP contribution in [0.4, 0.5) is 0 Å². The van der Waals surface area contributed by atoms with Crippen molar-refractivity contribution in [3.8, 4) is 0 Å². The molecule has 0 aromatic heterocycles. The summed E-state index contributed by atoms with van der Waals surface area (Å²) in [5.41, 5.74) is 1.34. The molecule has 20 heavy (non-hydrogen) atoms. The van der Waals surface area contributed by atoms with Crippen LogP contribution in [0.2, 0.25) is 0 Å². The zero-order valence-corrected chi connectivity index (χ0v) is 12.2. The molecule has 0 radical (unpaired) electrons. The molecule has 0 amide bonds. The molecule has 2 atom stereocenters.